The molecule has 0 N–H and O–H groups in total. The fraction of sp³-hybridized carbons (Fsp3) is 0.692. The van der Waals surface area contributed by atoms with Crippen LogP contribution in [-0.4, -0.2) is 54.7 Å². The van der Waals surface area contributed by atoms with E-state index < -0.39 is 0 Å². The number of carbonyl (C=O) groups is 1. The van der Waals surface area contributed by atoms with Crippen molar-refractivity contribution in [1.82, 2.24) is 9.88 Å². The van der Waals surface area contributed by atoms with Gasteiger partial charge in [0.2, 0.25) is 0 Å². The number of piperazine rings is 1. The Morgan fingerprint density at radius 3 is 2.68 bits per heavy atom. The number of nitrogens with zero attached hydrogens (tertiary/aromatic N) is 3. The van der Waals surface area contributed by atoms with Gasteiger partial charge in [0.25, 0.3) is 0 Å². The quantitative estimate of drug-likeness (QED) is 0.789. The summed E-state index contributed by atoms with van der Waals surface area (Å²) < 4.78 is 4.96. The third-order valence-electron chi connectivity index (χ3n) is 3.29. The number of carbonyl (C=O) groups excluding carboxylic acids is 1. The highest BCUT2D eigenvalue weighted by molar-refractivity contribution is 7.13. The van der Waals surface area contributed by atoms with Crippen LogP contribution in [0.2, 0.25) is 0 Å². The molecule has 2 heterocycles. The molecule has 1 aliphatic rings. The van der Waals surface area contributed by atoms with Crippen LogP contribution in [0.1, 0.15) is 31.3 Å². The van der Waals surface area contributed by atoms with Crippen molar-refractivity contribution in [1.29, 1.82) is 0 Å². The standard InChI is InChI=1S/C13H21N3O2S/c1-4-18-12(17)11-9-19-13(14-11)16-7-5-15(6-8-16)10(2)3/h9-10H,4-8H2,1-3H3. The van der Waals surface area contributed by atoms with Crippen LogP contribution in [0, 0.1) is 0 Å². The molecule has 6 heteroatoms. The lowest BCUT2D eigenvalue weighted by molar-refractivity contribution is 0.0520. The number of hydrogen-bond donors (Lipinski definition) is 0. The third kappa shape index (κ3) is 3.45. The molecule has 0 aliphatic carbocycles. The minimum atomic E-state index is -0.328. The molecule has 1 aromatic rings. The molecule has 0 atom stereocenters. The molecule has 1 aromatic heterocycles. The van der Waals surface area contributed by atoms with Crippen molar-refractivity contribution in [2.24, 2.45) is 0 Å². The zero-order valence-electron chi connectivity index (χ0n) is 11.8. The summed E-state index contributed by atoms with van der Waals surface area (Å²) in [5.41, 5.74) is 0.424. The molecule has 0 aromatic carbocycles. The fourth-order valence-electron chi connectivity index (χ4n) is 2.14. The number of anilines is 1. The number of thiazole rings is 1. The van der Waals surface area contributed by atoms with E-state index in [0.717, 1.165) is 31.3 Å². The number of hydrogen-bond acceptors (Lipinski definition) is 6. The van der Waals surface area contributed by atoms with E-state index in [4.69, 9.17) is 4.74 Å². The average molecular weight is 283 g/mol. The Balaban J connectivity index is 1.95. The minimum absolute atomic E-state index is 0.328. The number of esters is 1. The predicted octanol–water partition coefficient (Wildman–Crippen LogP) is 1.85. The number of aromatic nitrogens is 1. The Morgan fingerprint density at radius 1 is 1.42 bits per heavy atom. The molecule has 2 rings (SSSR count). The van der Waals surface area contributed by atoms with E-state index in [9.17, 15) is 4.79 Å². The van der Waals surface area contributed by atoms with Gasteiger partial charge >= 0.3 is 5.97 Å². The van der Waals surface area contributed by atoms with Crippen molar-refractivity contribution in [3.63, 3.8) is 0 Å². The van der Waals surface area contributed by atoms with Crippen molar-refractivity contribution in [2.75, 3.05) is 37.7 Å². The van der Waals surface area contributed by atoms with Gasteiger partial charge in [-0.25, -0.2) is 9.78 Å². The second-order valence-electron chi connectivity index (χ2n) is 4.85. The van der Waals surface area contributed by atoms with Crippen molar-refractivity contribution >= 4 is 22.4 Å². The molecule has 1 aliphatic heterocycles. The molecule has 0 radical (unpaired) electrons. The monoisotopic (exact) mass is 283 g/mol. The Morgan fingerprint density at radius 2 is 2.11 bits per heavy atom. The van der Waals surface area contributed by atoms with Gasteiger partial charge < -0.3 is 9.64 Å². The summed E-state index contributed by atoms with van der Waals surface area (Å²) in [5, 5.41) is 2.70. The lowest BCUT2D eigenvalue weighted by Gasteiger charge is -2.36. The maximum atomic E-state index is 11.6. The van der Waals surface area contributed by atoms with Crippen LogP contribution in [0.5, 0.6) is 0 Å². The first-order valence-corrected chi connectivity index (χ1v) is 7.61. The molecule has 1 fully saturated rings. The van der Waals surface area contributed by atoms with Crippen LogP contribution in [0.3, 0.4) is 0 Å². The first kappa shape index (κ1) is 14.3. The molecular formula is C13H21N3O2S. The molecule has 0 bridgehead atoms. The van der Waals surface area contributed by atoms with Crippen LogP contribution in [0.25, 0.3) is 0 Å². The lowest BCUT2D eigenvalue weighted by Crippen LogP contribution is -2.48. The summed E-state index contributed by atoms with van der Waals surface area (Å²) in [6.45, 7) is 10.7. The van der Waals surface area contributed by atoms with E-state index in [2.05, 4.69) is 28.6 Å². The van der Waals surface area contributed by atoms with Gasteiger partial charge in [0.05, 0.1) is 6.61 Å². The SMILES string of the molecule is CCOC(=O)c1csc(N2CCN(C(C)C)CC2)n1. The summed E-state index contributed by atoms with van der Waals surface area (Å²) >= 11 is 1.52. The molecule has 0 spiro atoms. The van der Waals surface area contributed by atoms with Crippen molar-refractivity contribution in [3.05, 3.63) is 11.1 Å². The normalized spacial score (nSPS) is 16.9. The van der Waals surface area contributed by atoms with Gasteiger partial charge in [-0.1, -0.05) is 0 Å². The summed E-state index contributed by atoms with van der Waals surface area (Å²) in [6, 6.07) is 0.591. The highest BCUT2D eigenvalue weighted by Crippen LogP contribution is 2.22. The van der Waals surface area contributed by atoms with Gasteiger partial charge in [0, 0.05) is 37.6 Å². The Labute approximate surface area is 118 Å². The number of rotatable bonds is 4. The van der Waals surface area contributed by atoms with E-state index >= 15 is 0 Å². The van der Waals surface area contributed by atoms with Crippen molar-refractivity contribution in [2.45, 2.75) is 26.8 Å². The van der Waals surface area contributed by atoms with Gasteiger partial charge in [0.15, 0.2) is 10.8 Å². The van der Waals surface area contributed by atoms with Crippen molar-refractivity contribution < 1.29 is 9.53 Å². The van der Waals surface area contributed by atoms with Crippen LogP contribution in [-0.2, 0) is 4.74 Å². The summed E-state index contributed by atoms with van der Waals surface area (Å²) in [6.07, 6.45) is 0. The zero-order chi connectivity index (χ0) is 13.8. The van der Waals surface area contributed by atoms with Crippen LogP contribution in [0.15, 0.2) is 5.38 Å². The topological polar surface area (TPSA) is 45.7 Å². The van der Waals surface area contributed by atoms with Crippen LogP contribution < -0.4 is 4.90 Å². The average Bonchev–Trinajstić information content (AvgIpc) is 2.89. The highest BCUT2D eigenvalue weighted by Gasteiger charge is 2.22. The lowest BCUT2D eigenvalue weighted by atomic mass is 10.2. The maximum absolute atomic E-state index is 11.6. The first-order chi connectivity index (χ1) is 9.11. The zero-order valence-corrected chi connectivity index (χ0v) is 12.6. The van der Waals surface area contributed by atoms with E-state index in [1.807, 2.05) is 0 Å². The second kappa shape index (κ2) is 6.34. The fourth-order valence-corrected chi connectivity index (χ4v) is 2.99. The summed E-state index contributed by atoms with van der Waals surface area (Å²) in [4.78, 5) is 20.6. The molecule has 0 saturated carbocycles. The van der Waals surface area contributed by atoms with Gasteiger partial charge in [-0.2, -0.15) is 0 Å². The smallest absolute Gasteiger partial charge is 0.357 e. The largest absolute Gasteiger partial charge is 0.461 e. The molecule has 0 amide bonds. The Hall–Kier alpha value is -1.14. The molecule has 19 heavy (non-hydrogen) atoms. The second-order valence-corrected chi connectivity index (χ2v) is 5.69. The summed E-state index contributed by atoms with van der Waals surface area (Å²) in [5.74, 6) is -0.328. The van der Waals surface area contributed by atoms with Crippen LogP contribution >= 0.6 is 11.3 Å². The highest BCUT2D eigenvalue weighted by atomic mass is 32.1. The minimum Gasteiger partial charge on any atom is -0.461 e. The molecular weight excluding hydrogens is 262 g/mol. The van der Waals surface area contributed by atoms with E-state index in [-0.39, 0.29) is 5.97 Å². The molecule has 106 valence electrons. The van der Waals surface area contributed by atoms with E-state index in [1.165, 1.54) is 11.3 Å². The van der Waals surface area contributed by atoms with Crippen molar-refractivity contribution in [3.8, 4) is 0 Å². The van der Waals surface area contributed by atoms with Crippen LogP contribution in [0.4, 0.5) is 5.13 Å². The molecule has 0 unspecified atom stereocenters. The maximum Gasteiger partial charge on any atom is 0.357 e. The van der Waals surface area contributed by atoms with Gasteiger partial charge in [-0.05, 0) is 20.8 Å². The summed E-state index contributed by atoms with van der Waals surface area (Å²) in [7, 11) is 0. The van der Waals surface area contributed by atoms with Gasteiger partial charge in [-0.3, -0.25) is 4.90 Å². The Kier molecular flexibility index (Phi) is 4.76. The van der Waals surface area contributed by atoms with E-state index in [0.29, 0.717) is 18.3 Å². The molecule has 5 nitrogen and oxygen atoms in total. The van der Waals surface area contributed by atoms with Gasteiger partial charge in [0.1, 0.15) is 0 Å². The van der Waals surface area contributed by atoms with E-state index in [1.54, 1.807) is 12.3 Å². The Bertz CT molecular complexity index is 425. The third-order valence-corrected chi connectivity index (χ3v) is 4.19. The predicted molar refractivity (Wildman–Crippen MR) is 77.0 cm³/mol. The van der Waals surface area contributed by atoms with Gasteiger partial charge in [-0.15, -0.1) is 11.3 Å². The number of ether oxygens (including phenoxy) is 1. The first-order valence-electron chi connectivity index (χ1n) is 6.73. The molecule has 1 saturated heterocycles.